The van der Waals surface area contributed by atoms with Crippen molar-refractivity contribution in [3.63, 3.8) is 0 Å². The van der Waals surface area contributed by atoms with Gasteiger partial charge in [0, 0.05) is 11.3 Å². The van der Waals surface area contributed by atoms with Gasteiger partial charge >= 0.3 is 0 Å². The number of benzene rings is 1. The molecule has 1 atom stereocenters. The molecular formula is C14H17N3O2S. The van der Waals surface area contributed by atoms with Crippen LogP contribution in [0.25, 0.3) is 0 Å². The Labute approximate surface area is 121 Å². The van der Waals surface area contributed by atoms with Gasteiger partial charge in [-0.3, -0.25) is 4.79 Å². The van der Waals surface area contributed by atoms with Crippen LogP contribution in [0.3, 0.4) is 0 Å². The van der Waals surface area contributed by atoms with Gasteiger partial charge in [-0.15, -0.1) is 5.10 Å². The Balaban J connectivity index is 2.26. The average molecular weight is 291 g/mol. The van der Waals surface area contributed by atoms with Crippen LogP contribution in [0.1, 0.15) is 53.7 Å². The molecule has 0 saturated heterocycles. The first-order chi connectivity index (χ1) is 9.50. The number of rotatable bonds is 4. The molecular weight excluding hydrogens is 274 g/mol. The zero-order chi connectivity index (χ0) is 14.7. The first-order valence-corrected chi connectivity index (χ1v) is 7.18. The van der Waals surface area contributed by atoms with E-state index in [-0.39, 0.29) is 11.8 Å². The summed E-state index contributed by atoms with van der Waals surface area (Å²) in [4.78, 5) is 12.8. The van der Waals surface area contributed by atoms with E-state index in [1.807, 2.05) is 26.0 Å². The van der Waals surface area contributed by atoms with Gasteiger partial charge in [-0.25, -0.2) is 0 Å². The first kappa shape index (κ1) is 14.6. The lowest BCUT2D eigenvalue weighted by Crippen LogP contribution is -2.14. The number of nitrogens with one attached hydrogen (secondary N) is 1. The summed E-state index contributed by atoms with van der Waals surface area (Å²) >= 11 is 1.08. The monoisotopic (exact) mass is 291 g/mol. The fraction of sp³-hybridized carbons (Fsp3) is 0.357. The second-order valence-electron chi connectivity index (χ2n) is 4.86. The smallest absolute Gasteiger partial charge is 0.269 e. The standard InChI is InChI=1S/C14H17N3O2S/c1-8(2)12-13(20-17-16-12)14(19)15-11-7-5-4-6-10(11)9(3)18/h4-9,18H,1-3H3,(H,15,19). The third-order valence-electron chi connectivity index (χ3n) is 2.93. The zero-order valence-corrected chi connectivity index (χ0v) is 12.4. The molecule has 1 aromatic heterocycles. The number of carbonyl (C=O) groups is 1. The van der Waals surface area contributed by atoms with Crippen molar-refractivity contribution in [3.8, 4) is 0 Å². The molecule has 6 heteroatoms. The number of aliphatic hydroxyl groups is 1. The fourth-order valence-electron chi connectivity index (χ4n) is 1.89. The van der Waals surface area contributed by atoms with Crippen molar-refractivity contribution in [2.75, 3.05) is 5.32 Å². The molecule has 5 nitrogen and oxygen atoms in total. The minimum atomic E-state index is -0.643. The molecule has 2 rings (SSSR count). The van der Waals surface area contributed by atoms with Crippen LogP contribution >= 0.6 is 11.5 Å². The van der Waals surface area contributed by atoms with Gasteiger partial charge in [0.2, 0.25) is 0 Å². The van der Waals surface area contributed by atoms with E-state index in [9.17, 15) is 9.90 Å². The molecule has 0 aliphatic carbocycles. The normalized spacial score (nSPS) is 12.4. The van der Waals surface area contributed by atoms with Crippen LogP contribution in [0.2, 0.25) is 0 Å². The van der Waals surface area contributed by atoms with E-state index in [4.69, 9.17) is 0 Å². The van der Waals surface area contributed by atoms with Gasteiger partial charge in [-0.2, -0.15) is 0 Å². The Morgan fingerprint density at radius 2 is 2.00 bits per heavy atom. The van der Waals surface area contributed by atoms with E-state index in [2.05, 4.69) is 14.9 Å². The summed E-state index contributed by atoms with van der Waals surface area (Å²) < 4.78 is 3.85. The maximum absolute atomic E-state index is 12.3. The van der Waals surface area contributed by atoms with Gasteiger partial charge < -0.3 is 10.4 Å². The number of anilines is 1. The molecule has 1 amide bonds. The van der Waals surface area contributed by atoms with Crippen LogP contribution in [0.5, 0.6) is 0 Å². The molecule has 0 saturated carbocycles. The van der Waals surface area contributed by atoms with Gasteiger partial charge in [-0.1, -0.05) is 36.5 Å². The van der Waals surface area contributed by atoms with Crippen LogP contribution in [-0.2, 0) is 0 Å². The summed E-state index contributed by atoms with van der Waals surface area (Å²) in [5, 5.41) is 16.5. The van der Waals surface area contributed by atoms with Crippen molar-refractivity contribution in [3.05, 3.63) is 40.4 Å². The number of amides is 1. The Morgan fingerprint density at radius 1 is 1.30 bits per heavy atom. The van der Waals surface area contributed by atoms with Crippen molar-refractivity contribution in [2.45, 2.75) is 32.8 Å². The lowest BCUT2D eigenvalue weighted by atomic mass is 10.1. The highest BCUT2D eigenvalue weighted by Gasteiger charge is 2.20. The van der Waals surface area contributed by atoms with Gasteiger partial charge in [0.25, 0.3) is 5.91 Å². The Morgan fingerprint density at radius 3 is 2.65 bits per heavy atom. The van der Waals surface area contributed by atoms with E-state index in [0.29, 0.717) is 21.8 Å². The lowest BCUT2D eigenvalue weighted by Gasteiger charge is -2.12. The van der Waals surface area contributed by atoms with E-state index in [1.165, 1.54) is 0 Å². The minimum absolute atomic E-state index is 0.140. The molecule has 106 valence electrons. The Hall–Kier alpha value is -1.79. The van der Waals surface area contributed by atoms with Crippen LogP contribution in [0.15, 0.2) is 24.3 Å². The highest BCUT2D eigenvalue weighted by Crippen LogP contribution is 2.25. The molecule has 20 heavy (non-hydrogen) atoms. The number of hydrogen-bond donors (Lipinski definition) is 2. The Bertz CT molecular complexity index is 608. The summed E-state index contributed by atoms with van der Waals surface area (Å²) in [7, 11) is 0. The van der Waals surface area contributed by atoms with Gasteiger partial charge in [0.15, 0.2) is 0 Å². The van der Waals surface area contributed by atoms with E-state index in [1.54, 1.807) is 19.1 Å². The third kappa shape index (κ3) is 3.02. The average Bonchev–Trinajstić information content (AvgIpc) is 2.88. The minimum Gasteiger partial charge on any atom is -0.389 e. The maximum atomic E-state index is 12.3. The van der Waals surface area contributed by atoms with Gasteiger partial charge in [0.1, 0.15) is 4.88 Å². The highest BCUT2D eigenvalue weighted by atomic mass is 32.1. The number of aliphatic hydroxyl groups excluding tert-OH is 1. The third-order valence-corrected chi connectivity index (χ3v) is 3.67. The van der Waals surface area contributed by atoms with Crippen LogP contribution in [-0.4, -0.2) is 20.6 Å². The van der Waals surface area contributed by atoms with Crippen molar-refractivity contribution >= 4 is 23.1 Å². The van der Waals surface area contributed by atoms with E-state index >= 15 is 0 Å². The molecule has 0 spiro atoms. The molecule has 0 aliphatic rings. The first-order valence-electron chi connectivity index (χ1n) is 6.41. The number of hydrogen-bond acceptors (Lipinski definition) is 5. The number of aromatic nitrogens is 2. The summed E-state index contributed by atoms with van der Waals surface area (Å²) in [6.45, 7) is 5.60. The van der Waals surface area contributed by atoms with Crippen molar-refractivity contribution in [1.29, 1.82) is 0 Å². The molecule has 1 unspecified atom stereocenters. The summed E-state index contributed by atoms with van der Waals surface area (Å²) in [5.41, 5.74) is 1.99. The molecule has 2 N–H and O–H groups in total. The number of para-hydroxylation sites is 1. The molecule has 1 heterocycles. The SMILES string of the molecule is CC(C)c1nnsc1C(=O)Nc1ccccc1C(C)O. The quantitative estimate of drug-likeness (QED) is 0.908. The molecule has 2 aromatic rings. The zero-order valence-electron chi connectivity index (χ0n) is 11.6. The predicted molar refractivity (Wildman–Crippen MR) is 79.0 cm³/mol. The lowest BCUT2D eigenvalue weighted by molar-refractivity contribution is 0.102. The van der Waals surface area contributed by atoms with Crippen LogP contribution < -0.4 is 5.32 Å². The largest absolute Gasteiger partial charge is 0.389 e. The molecule has 1 aromatic carbocycles. The Kier molecular flexibility index (Phi) is 4.46. The van der Waals surface area contributed by atoms with Crippen molar-refractivity contribution in [2.24, 2.45) is 0 Å². The van der Waals surface area contributed by atoms with E-state index < -0.39 is 6.10 Å². The van der Waals surface area contributed by atoms with Gasteiger partial charge in [-0.05, 0) is 30.4 Å². The molecule has 0 aliphatic heterocycles. The van der Waals surface area contributed by atoms with E-state index in [0.717, 1.165) is 11.5 Å². The van der Waals surface area contributed by atoms with Crippen LogP contribution in [0.4, 0.5) is 5.69 Å². The summed E-state index contributed by atoms with van der Waals surface area (Å²) in [6, 6.07) is 7.19. The second kappa shape index (κ2) is 6.11. The van der Waals surface area contributed by atoms with Crippen LogP contribution in [0, 0.1) is 0 Å². The second-order valence-corrected chi connectivity index (χ2v) is 5.61. The molecule has 0 fully saturated rings. The topological polar surface area (TPSA) is 75.1 Å². The fourth-order valence-corrected chi connectivity index (χ4v) is 2.60. The highest BCUT2D eigenvalue weighted by molar-refractivity contribution is 7.08. The number of nitrogens with zero attached hydrogens (tertiary/aromatic N) is 2. The van der Waals surface area contributed by atoms with Crippen molar-refractivity contribution < 1.29 is 9.90 Å². The predicted octanol–water partition coefficient (Wildman–Crippen LogP) is 2.97. The molecule has 0 bridgehead atoms. The van der Waals surface area contributed by atoms with Crippen molar-refractivity contribution in [1.82, 2.24) is 9.59 Å². The number of carbonyl (C=O) groups excluding carboxylic acids is 1. The summed E-state index contributed by atoms with van der Waals surface area (Å²) in [6.07, 6.45) is -0.643. The molecule has 0 radical (unpaired) electrons. The van der Waals surface area contributed by atoms with Gasteiger partial charge in [0.05, 0.1) is 11.8 Å². The summed E-state index contributed by atoms with van der Waals surface area (Å²) in [5.74, 6) is -0.0988. The maximum Gasteiger partial charge on any atom is 0.269 e.